The molecule has 0 aliphatic heterocycles. The molecule has 0 radical (unpaired) electrons. The van der Waals surface area contributed by atoms with Gasteiger partial charge in [-0.1, -0.05) is 41.5 Å². The van der Waals surface area contributed by atoms with Crippen molar-refractivity contribution in [2.45, 2.75) is 32.5 Å². The number of nitrogens with zero attached hydrogens (tertiary/aromatic N) is 3. The molecule has 30 heavy (non-hydrogen) atoms. The zero-order valence-electron chi connectivity index (χ0n) is 17.3. The number of carbonyl (C=O) groups is 1. The molecule has 1 heterocycles. The molecular formula is C22H25BrN4O2S. The minimum absolute atomic E-state index is 0.0822. The predicted octanol–water partition coefficient (Wildman–Crippen LogP) is 5.49. The third kappa shape index (κ3) is 6.09. The molecule has 0 unspecified atom stereocenters. The highest BCUT2D eigenvalue weighted by Crippen LogP contribution is 2.26. The molecule has 3 rings (SSSR count). The Hall–Kier alpha value is -2.32. The number of benzene rings is 2. The molecule has 0 saturated carbocycles. The van der Waals surface area contributed by atoms with Gasteiger partial charge >= 0.3 is 0 Å². The average molecular weight is 489 g/mol. The fraction of sp³-hybridized carbons (Fsp3) is 0.318. The lowest BCUT2D eigenvalue weighted by molar-refractivity contribution is -0.113. The summed E-state index contributed by atoms with van der Waals surface area (Å²) in [5.74, 6) is 2.28. The van der Waals surface area contributed by atoms with Crippen molar-refractivity contribution >= 4 is 39.3 Å². The molecule has 1 N–H and O–H groups in total. The van der Waals surface area contributed by atoms with E-state index in [-0.39, 0.29) is 11.7 Å². The molecule has 0 aliphatic carbocycles. The highest BCUT2D eigenvalue weighted by molar-refractivity contribution is 9.10. The number of hydrogen-bond donors (Lipinski definition) is 1. The second kappa shape index (κ2) is 10.6. The van der Waals surface area contributed by atoms with Gasteiger partial charge in [0.1, 0.15) is 5.75 Å². The predicted molar refractivity (Wildman–Crippen MR) is 125 cm³/mol. The fourth-order valence-corrected chi connectivity index (χ4v) is 3.78. The Morgan fingerprint density at radius 2 is 1.83 bits per heavy atom. The number of nitrogens with one attached hydrogen (secondary N) is 1. The normalized spacial score (nSPS) is 11.0. The first-order valence-corrected chi connectivity index (χ1v) is 11.6. The van der Waals surface area contributed by atoms with E-state index >= 15 is 0 Å². The maximum Gasteiger partial charge on any atom is 0.234 e. The highest BCUT2D eigenvalue weighted by atomic mass is 79.9. The summed E-state index contributed by atoms with van der Waals surface area (Å²) in [5.41, 5.74) is 1.73. The van der Waals surface area contributed by atoms with Crippen LogP contribution in [-0.4, -0.2) is 33.0 Å². The minimum Gasteiger partial charge on any atom is -0.493 e. The molecule has 0 spiro atoms. The summed E-state index contributed by atoms with van der Waals surface area (Å²) in [6, 6.07) is 15.4. The molecular weight excluding hydrogens is 464 g/mol. The van der Waals surface area contributed by atoms with Crippen LogP contribution < -0.4 is 10.1 Å². The topological polar surface area (TPSA) is 69.0 Å². The second-order valence-electron chi connectivity index (χ2n) is 7.12. The molecule has 0 saturated heterocycles. The van der Waals surface area contributed by atoms with Gasteiger partial charge in [-0.25, -0.2) is 0 Å². The summed E-state index contributed by atoms with van der Waals surface area (Å²) in [4.78, 5) is 12.3. The Balaban J connectivity index is 1.63. The molecule has 3 aromatic rings. The number of thioether (sulfide) groups is 1. The van der Waals surface area contributed by atoms with Gasteiger partial charge in [-0.3, -0.25) is 4.79 Å². The van der Waals surface area contributed by atoms with Crippen LogP contribution in [0.15, 0.2) is 58.2 Å². The number of carbonyl (C=O) groups excluding carboxylic acids is 1. The van der Waals surface area contributed by atoms with Gasteiger partial charge in [-0.15, -0.1) is 10.2 Å². The van der Waals surface area contributed by atoms with E-state index in [0.29, 0.717) is 19.1 Å². The van der Waals surface area contributed by atoms with Crippen molar-refractivity contribution < 1.29 is 9.53 Å². The Labute approximate surface area is 189 Å². The third-order valence-corrected chi connectivity index (χ3v) is 5.68. The maximum absolute atomic E-state index is 12.3. The van der Waals surface area contributed by atoms with Crippen molar-refractivity contribution in [3.05, 3.63) is 53.0 Å². The van der Waals surface area contributed by atoms with Crippen LogP contribution >= 0.6 is 27.7 Å². The molecule has 0 aliphatic rings. The first-order valence-electron chi connectivity index (χ1n) is 9.81. The zero-order chi connectivity index (χ0) is 21.5. The van der Waals surface area contributed by atoms with E-state index in [1.807, 2.05) is 60.0 Å². The number of hydrogen-bond acceptors (Lipinski definition) is 5. The minimum atomic E-state index is -0.0822. The van der Waals surface area contributed by atoms with Gasteiger partial charge in [0.2, 0.25) is 5.91 Å². The van der Waals surface area contributed by atoms with Crippen molar-refractivity contribution in [3.8, 4) is 17.1 Å². The van der Waals surface area contributed by atoms with E-state index in [9.17, 15) is 4.79 Å². The van der Waals surface area contributed by atoms with Crippen molar-refractivity contribution in [2.24, 2.45) is 5.92 Å². The lowest BCUT2D eigenvalue weighted by Gasteiger charge is -2.10. The van der Waals surface area contributed by atoms with Crippen LogP contribution in [0.1, 0.15) is 20.8 Å². The van der Waals surface area contributed by atoms with E-state index in [0.717, 1.165) is 32.5 Å². The van der Waals surface area contributed by atoms with Crippen LogP contribution in [0.25, 0.3) is 11.4 Å². The molecule has 6 nitrogen and oxygen atoms in total. The van der Waals surface area contributed by atoms with E-state index in [4.69, 9.17) is 4.74 Å². The van der Waals surface area contributed by atoms with Crippen LogP contribution in [0.3, 0.4) is 0 Å². The van der Waals surface area contributed by atoms with Crippen molar-refractivity contribution in [2.75, 3.05) is 17.7 Å². The smallest absolute Gasteiger partial charge is 0.234 e. The number of aromatic nitrogens is 3. The van der Waals surface area contributed by atoms with E-state index < -0.39 is 0 Å². The number of anilines is 1. The third-order valence-electron chi connectivity index (χ3n) is 4.19. The van der Waals surface area contributed by atoms with Gasteiger partial charge in [0.05, 0.1) is 12.4 Å². The summed E-state index contributed by atoms with van der Waals surface area (Å²) in [7, 11) is 0. The molecule has 8 heteroatoms. The molecule has 1 amide bonds. The van der Waals surface area contributed by atoms with Crippen molar-refractivity contribution in [1.82, 2.24) is 14.8 Å². The largest absolute Gasteiger partial charge is 0.493 e. The van der Waals surface area contributed by atoms with E-state index in [1.54, 1.807) is 0 Å². The summed E-state index contributed by atoms with van der Waals surface area (Å²) >= 11 is 4.76. The van der Waals surface area contributed by atoms with Crippen molar-refractivity contribution in [3.63, 3.8) is 0 Å². The summed E-state index contributed by atoms with van der Waals surface area (Å²) < 4.78 is 8.73. The second-order valence-corrected chi connectivity index (χ2v) is 8.98. The molecule has 158 valence electrons. The lowest BCUT2D eigenvalue weighted by atomic mass is 10.2. The average Bonchev–Trinajstić information content (AvgIpc) is 3.15. The summed E-state index contributed by atoms with van der Waals surface area (Å²) in [6.45, 7) is 7.68. The summed E-state index contributed by atoms with van der Waals surface area (Å²) in [5, 5.41) is 12.3. The lowest BCUT2D eigenvalue weighted by Crippen LogP contribution is -2.14. The number of rotatable bonds is 9. The molecule has 0 atom stereocenters. The van der Waals surface area contributed by atoms with Gasteiger partial charge in [-0.2, -0.15) is 0 Å². The van der Waals surface area contributed by atoms with Crippen molar-refractivity contribution in [1.29, 1.82) is 0 Å². The number of amides is 1. The van der Waals surface area contributed by atoms with Gasteiger partial charge in [-0.05, 0) is 61.4 Å². The maximum atomic E-state index is 12.3. The Bertz CT molecular complexity index is 972. The standard InChI is InChI=1S/C22H25BrN4O2S/c1-4-27-21(16-5-11-19(12-6-16)29-13-15(2)3)25-26-22(27)30-14-20(28)24-18-9-7-17(23)8-10-18/h5-12,15H,4,13-14H2,1-3H3,(H,24,28). The van der Waals surface area contributed by atoms with E-state index in [2.05, 4.69) is 45.3 Å². The molecule has 1 aromatic heterocycles. The van der Waals surface area contributed by atoms with Gasteiger partial charge in [0, 0.05) is 22.3 Å². The first kappa shape index (κ1) is 22.4. The molecule has 0 fully saturated rings. The van der Waals surface area contributed by atoms with Crippen LogP contribution in [0.4, 0.5) is 5.69 Å². The highest BCUT2D eigenvalue weighted by Gasteiger charge is 2.15. The SMILES string of the molecule is CCn1c(SCC(=O)Nc2ccc(Br)cc2)nnc1-c1ccc(OCC(C)C)cc1. The van der Waals surface area contributed by atoms with Crippen LogP contribution in [0, 0.1) is 5.92 Å². The summed E-state index contributed by atoms with van der Waals surface area (Å²) in [6.07, 6.45) is 0. The van der Waals surface area contributed by atoms with Gasteiger partial charge < -0.3 is 14.6 Å². The quantitative estimate of drug-likeness (QED) is 0.403. The number of ether oxygens (including phenoxy) is 1. The fourth-order valence-electron chi connectivity index (χ4n) is 2.72. The monoisotopic (exact) mass is 488 g/mol. The van der Waals surface area contributed by atoms with Crippen LogP contribution in [0.5, 0.6) is 5.75 Å². The Kier molecular flexibility index (Phi) is 7.93. The number of halogens is 1. The molecule has 2 aromatic carbocycles. The van der Waals surface area contributed by atoms with Crippen LogP contribution in [0.2, 0.25) is 0 Å². The van der Waals surface area contributed by atoms with Crippen LogP contribution in [-0.2, 0) is 11.3 Å². The van der Waals surface area contributed by atoms with E-state index in [1.165, 1.54) is 11.8 Å². The van der Waals surface area contributed by atoms with Gasteiger partial charge in [0.15, 0.2) is 11.0 Å². The van der Waals surface area contributed by atoms with Gasteiger partial charge in [0.25, 0.3) is 0 Å². The Morgan fingerprint density at radius 3 is 2.47 bits per heavy atom. The zero-order valence-corrected chi connectivity index (χ0v) is 19.7. The molecule has 0 bridgehead atoms. The first-order chi connectivity index (χ1) is 14.5. The Morgan fingerprint density at radius 1 is 1.13 bits per heavy atom.